The van der Waals surface area contributed by atoms with Gasteiger partial charge in [0.25, 0.3) is 0 Å². The highest BCUT2D eigenvalue weighted by molar-refractivity contribution is 5.88. The van der Waals surface area contributed by atoms with Crippen molar-refractivity contribution in [3.63, 3.8) is 0 Å². The minimum atomic E-state index is -0.449. The second-order valence-corrected chi connectivity index (χ2v) is 2.44. The standard InChI is InChI=1S/C7H10N4O2/c1-13-7(12)5-2-10-11(3-5)4-6(8)9/h2-3H,4H2,1H3,(H3,8,9). The smallest absolute Gasteiger partial charge is 0.341 e. The molecule has 0 aromatic carbocycles. The van der Waals surface area contributed by atoms with Crippen LogP contribution in [0, 0.1) is 5.41 Å². The largest absolute Gasteiger partial charge is 0.465 e. The van der Waals surface area contributed by atoms with Crippen LogP contribution in [0.3, 0.4) is 0 Å². The van der Waals surface area contributed by atoms with Gasteiger partial charge in [-0.3, -0.25) is 10.1 Å². The van der Waals surface area contributed by atoms with Gasteiger partial charge >= 0.3 is 5.97 Å². The van der Waals surface area contributed by atoms with Gasteiger partial charge in [-0.1, -0.05) is 0 Å². The van der Waals surface area contributed by atoms with Gasteiger partial charge in [-0.2, -0.15) is 5.10 Å². The Morgan fingerprint density at radius 1 is 1.85 bits per heavy atom. The van der Waals surface area contributed by atoms with E-state index in [1.165, 1.54) is 24.2 Å². The maximum atomic E-state index is 11.0. The van der Waals surface area contributed by atoms with Crippen molar-refractivity contribution in [1.82, 2.24) is 9.78 Å². The van der Waals surface area contributed by atoms with Crippen molar-refractivity contribution in [2.45, 2.75) is 6.54 Å². The van der Waals surface area contributed by atoms with E-state index in [1.54, 1.807) is 0 Å². The van der Waals surface area contributed by atoms with Gasteiger partial charge in [0.15, 0.2) is 0 Å². The van der Waals surface area contributed by atoms with Crippen molar-refractivity contribution in [2.24, 2.45) is 5.73 Å². The third-order valence-corrected chi connectivity index (χ3v) is 1.39. The Bertz CT molecular complexity index is 331. The van der Waals surface area contributed by atoms with Crippen molar-refractivity contribution < 1.29 is 9.53 Å². The summed E-state index contributed by atoms with van der Waals surface area (Å²) in [6.07, 6.45) is 2.85. The van der Waals surface area contributed by atoms with E-state index in [9.17, 15) is 4.79 Å². The van der Waals surface area contributed by atoms with Crippen LogP contribution in [0.25, 0.3) is 0 Å². The number of nitrogens with zero attached hydrogens (tertiary/aromatic N) is 2. The third-order valence-electron chi connectivity index (χ3n) is 1.39. The SMILES string of the molecule is COC(=O)c1cnn(CC(=N)N)c1. The summed E-state index contributed by atoms with van der Waals surface area (Å²) in [4.78, 5) is 11.0. The second-order valence-electron chi connectivity index (χ2n) is 2.44. The lowest BCUT2D eigenvalue weighted by molar-refractivity contribution is 0.0600. The molecule has 0 unspecified atom stereocenters. The number of rotatable bonds is 3. The Balaban J connectivity index is 2.74. The van der Waals surface area contributed by atoms with Crippen molar-refractivity contribution in [3.05, 3.63) is 18.0 Å². The fourth-order valence-corrected chi connectivity index (χ4v) is 0.848. The number of nitrogens with two attached hydrogens (primary N) is 1. The Morgan fingerprint density at radius 3 is 3.08 bits per heavy atom. The number of carbonyl (C=O) groups is 1. The molecule has 0 aliphatic carbocycles. The molecule has 1 aromatic rings. The Kier molecular flexibility index (Phi) is 2.63. The summed E-state index contributed by atoms with van der Waals surface area (Å²) in [5, 5.41) is 10.8. The van der Waals surface area contributed by atoms with E-state index >= 15 is 0 Å². The summed E-state index contributed by atoms with van der Waals surface area (Å²) >= 11 is 0. The maximum Gasteiger partial charge on any atom is 0.341 e. The van der Waals surface area contributed by atoms with E-state index in [0.29, 0.717) is 5.56 Å². The van der Waals surface area contributed by atoms with Crippen molar-refractivity contribution in [3.8, 4) is 0 Å². The van der Waals surface area contributed by atoms with Gasteiger partial charge in [-0.15, -0.1) is 0 Å². The van der Waals surface area contributed by atoms with E-state index in [4.69, 9.17) is 11.1 Å². The quantitative estimate of drug-likeness (QED) is 0.378. The van der Waals surface area contributed by atoms with Gasteiger partial charge in [0.1, 0.15) is 5.84 Å². The number of nitrogens with one attached hydrogen (secondary N) is 1. The fraction of sp³-hybridized carbons (Fsp3) is 0.286. The van der Waals surface area contributed by atoms with Crippen LogP contribution in [0.4, 0.5) is 0 Å². The number of ether oxygens (including phenoxy) is 1. The molecule has 0 saturated carbocycles. The molecule has 0 amide bonds. The van der Waals surface area contributed by atoms with Gasteiger partial charge in [0, 0.05) is 6.20 Å². The first-order valence-electron chi connectivity index (χ1n) is 3.57. The van der Waals surface area contributed by atoms with Gasteiger partial charge in [0.2, 0.25) is 0 Å². The summed E-state index contributed by atoms with van der Waals surface area (Å²) in [6, 6.07) is 0. The molecule has 0 radical (unpaired) electrons. The minimum absolute atomic E-state index is 0.0143. The first-order chi connectivity index (χ1) is 6.13. The lowest BCUT2D eigenvalue weighted by Crippen LogP contribution is -2.18. The highest BCUT2D eigenvalue weighted by Crippen LogP contribution is 1.98. The highest BCUT2D eigenvalue weighted by Gasteiger charge is 2.07. The molecule has 0 bridgehead atoms. The van der Waals surface area contributed by atoms with E-state index in [2.05, 4.69) is 9.84 Å². The van der Waals surface area contributed by atoms with Crippen LogP contribution in [0.5, 0.6) is 0 Å². The summed E-state index contributed by atoms with van der Waals surface area (Å²) in [5.41, 5.74) is 5.50. The number of aromatic nitrogens is 2. The second kappa shape index (κ2) is 3.70. The van der Waals surface area contributed by atoms with Gasteiger partial charge in [-0.05, 0) is 0 Å². The number of esters is 1. The molecule has 1 rings (SSSR count). The normalized spacial score (nSPS) is 9.62. The summed E-state index contributed by atoms with van der Waals surface area (Å²) in [6.45, 7) is 0.178. The zero-order valence-electron chi connectivity index (χ0n) is 7.15. The first kappa shape index (κ1) is 9.24. The number of carbonyl (C=O) groups excluding carboxylic acids is 1. The molecule has 0 aliphatic heterocycles. The Morgan fingerprint density at radius 2 is 2.54 bits per heavy atom. The number of hydrogen-bond donors (Lipinski definition) is 2. The molecule has 0 fully saturated rings. The Labute approximate surface area is 74.8 Å². The Hall–Kier alpha value is -1.85. The van der Waals surface area contributed by atoms with Crippen LogP contribution in [0.2, 0.25) is 0 Å². The molecule has 0 aliphatic rings. The molecule has 6 heteroatoms. The van der Waals surface area contributed by atoms with E-state index in [0.717, 1.165) is 0 Å². The van der Waals surface area contributed by atoms with E-state index in [1.807, 2.05) is 0 Å². The number of amidine groups is 1. The van der Waals surface area contributed by atoms with Gasteiger partial charge in [0.05, 0.1) is 25.4 Å². The molecular formula is C7H10N4O2. The maximum absolute atomic E-state index is 11.0. The molecule has 0 atom stereocenters. The van der Waals surface area contributed by atoms with E-state index in [-0.39, 0.29) is 12.4 Å². The van der Waals surface area contributed by atoms with Crippen LogP contribution in [0.15, 0.2) is 12.4 Å². The number of methoxy groups -OCH3 is 1. The third kappa shape index (κ3) is 2.29. The average Bonchev–Trinajstić information content (AvgIpc) is 2.50. The average molecular weight is 182 g/mol. The van der Waals surface area contributed by atoms with E-state index < -0.39 is 5.97 Å². The number of hydrogen-bond acceptors (Lipinski definition) is 4. The van der Waals surface area contributed by atoms with Crippen LogP contribution in [-0.4, -0.2) is 28.7 Å². The molecule has 0 spiro atoms. The zero-order valence-corrected chi connectivity index (χ0v) is 7.15. The van der Waals surface area contributed by atoms with Crippen molar-refractivity contribution in [2.75, 3.05) is 7.11 Å². The van der Waals surface area contributed by atoms with Crippen LogP contribution in [0.1, 0.15) is 10.4 Å². The van der Waals surface area contributed by atoms with Gasteiger partial charge in [-0.25, -0.2) is 4.79 Å². The lowest BCUT2D eigenvalue weighted by atomic mass is 10.4. The molecule has 13 heavy (non-hydrogen) atoms. The topological polar surface area (TPSA) is 94.0 Å². The van der Waals surface area contributed by atoms with Crippen LogP contribution in [-0.2, 0) is 11.3 Å². The zero-order chi connectivity index (χ0) is 9.84. The predicted octanol–water partition coefficient (Wildman–Crippen LogP) is -0.394. The highest BCUT2D eigenvalue weighted by atomic mass is 16.5. The summed E-state index contributed by atoms with van der Waals surface area (Å²) < 4.78 is 5.87. The molecule has 1 heterocycles. The molecule has 3 N–H and O–H groups in total. The molecular weight excluding hydrogens is 172 g/mol. The van der Waals surface area contributed by atoms with Crippen LogP contribution >= 0.6 is 0 Å². The molecule has 1 aromatic heterocycles. The minimum Gasteiger partial charge on any atom is -0.465 e. The molecule has 70 valence electrons. The van der Waals surface area contributed by atoms with Crippen LogP contribution < -0.4 is 5.73 Å². The predicted molar refractivity (Wildman–Crippen MR) is 45.5 cm³/mol. The van der Waals surface area contributed by atoms with Gasteiger partial charge < -0.3 is 10.5 Å². The fourth-order valence-electron chi connectivity index (χ4n) is 0.848. The lowest BCUT2D eigenvalue weighted by Gasteiger charge is -1.96. The first-order valence-corrected chi connectivity index (χ1v) is 3.57. The molecule has 0 saturated heterocycles. The van der Waals surface area contributed by atoms with Crippen molar-refractivity contribution >= 4 is 11.8 Å². The summed E-state index contributed by atoms with van der Waals surface area (Å²) in [7, 11) is 1.30. The molecule has 6 nitrogen and oxygen atoms in total. The van der Waals surface area contributed by atoms with Crippen molar-refractivity contribution in [1.29, 1.82) is 5.41 Å². The monoisotopic (exact) mass is 182 g/mol. The summed E-state index contributed by atoms with van der Waals surface area (Å²) in [5.74, 6) is -0.464.